The summed E-state index contributed by atoms with van der Waals surface area (Å²) in [7, 11) is 0. The van der Waals surface area contributed by atoms with Crippen LogP contribution in [0.5, 0.6) is 0 Å². The second kappa shape index (κ2) is 5.08. The summed E-state index contributed by atoms with van der Waals surface area (Å²) >= 11 is 13.4. The van der Waals surface area contributed by atoms with Crippen molar-refractivity contribution in [3.05, 3.63) is 46.4 Å². The molecule has 0 heterocycles. The summed E-state index contributed by atoms with van der Waals surface area (Å²) in [6.45, 7) is 0. The molecule has 0 bridgehead atoms. The number of anilines is 2. The molecule has 4 N–H and O–H groups in total. The molecule has 0 aromatic heterocycles. The Kier molecular flexibility index (Phi) is 3.72. The van der Waals surface area contributed by atoms with Crippen molar-refractivity contribution in [1.29, 1.82) is 0 Å². The molecule has 2 aromatic rings. The smallest absolute Gasteiger partial charge is 0.0437 e. The molecule has 0 aliphatic carbocycles. The van der Waals surface area contributed by atoms with Gasteiger partial charge in [0.2, 0.25) is 0 Å². The minimum absolute atomic E-state index is 0.613. The van der Waals surface area contributed by atoms with Gasteiger partial charge in [-0.2, -0.15) is 0 Å². The standard InChI is InChI=1S/C12H10Cl2N2S/c13-7-1-9(15)5-11(3-7)17-12-4-8(14)2-10(16)6-12/h1-6H,15-16H2. The Morgan fingerprint density at radius 3 is 1.47 bits per heavy atom. The van der Waals surface area contributed by atoms with Gasteiger partial charge in [0.15, 0.2) is 0 Å². The van der Waals surface area contributed by atoms with Crippen molar-refractivity contribution in [1.82, 2.24) is 0 Å². The van der Waals surface area contributed by atoms with Gasteiger partial charge in [0.05, 0.1) is 0 Å². The topological polar surface area (TPSA) is 52.0 Å². The minimum atomic E-state index is 0.613. The minimum Gasteiger partial charge on any atom is -0.399 e. The van der Waals surface area contributed by atoms with Crippen molar-refractivity contribution in [3.63, 3.8) is 0 Å². The third-order valence-corrected chi connectivity index (χ3v) is 3.40. The fraction of sp³-hybridized carbons (Fsp3) is 0. The van der Waals surface area contributed by atoms with Crippen molar-refractivity contribution in [2.75, 3.05) is 11.5 Å². The van der Waals surface area contributed by atoms with Gasteiger partial charge in [-0.05, 0) is 36.4 Å². The molecule has 0 saturated carbocycles. The number of benzene rings is 2. The Balaban J connectivity index is 2.31. The van der Waals surface area contributed by atoms with Crippen LogP contribution in [0.4, 0.5) is 11.4 Å². The first-order valence-corrected chi connectivity index (χ1v) is 6.40. The molecular formula is C12H10Cl2N2S. The summed E-state index contributed by atoms with van der Waals surface area (Å²) in [6, 6.07) is 10.8. The molecule has 0 spiro atoms. The van der Waals surface area contributed by atoms with E-state index in [1.54, 1.807) is 12.1 Å². The highest BCUT2D eigenvalue weighted by atomic mass is 35.5. The average Bonchev–Trinajstić information content (AvgIpc) is 2.13. The van der Waals surface area contributed by atoms with Crippen LogP contribution in [0.15, 0.2) is 46.2 Å². The molecule has 0 saturated heterocycles. The molecule has 0 aliphatic heterocycles. The molecule has 17 heavy (non-hydrogen) atoms. The van der Waals surface area contributed by atoms with Crippen LogP contribution in [0.25, 0.3) is 0 Å². The van der Waals surface area contributed by atoms with Crippen molar-refractivity contribution < 1.29 is 0 Å². The SMILES string of the molecule is Nc1cc(Cl)cc(Sc2cc(N)cc(Cl)c2)c1. The molecule has 0 atom stereocenters. The van der Waals surface area contributed by atoms with Gasteiger partial charge < -0.3 is 11.5 Å². The zero-order valence-corrected chi connectivity index (χ0v) is 11.1. The quantitative estimate of drug-likeness (QED) is 0.808. The number of hydrogen-bond donors (Lipinski definition) is 2. The van der Waals surface area contributed by atoms with Crippen LogP contribution in [0, 0.1) is 0 Å². The summed E-state index contributed by atoms with van der Waals surface area (Å²) in [5.74, 6) is 0. The third kappa shape index (κ3) is 3.46. The first-order valence-electron chi connectivity index (χ1n) is 4.83. The Morgan fingerprint density at radius 2 is 1.12 bits per heavy atom. The highest BCUT2D eigenvalue weighted by Gasteiger charge is 2.02. The lowest BCUT2D eigenvalue weighted by Crippen LogP contribution is -1.86. The van der Waals surface area contributed by atoms with E-state index in [-0.39, 0.29) is 0 Å². The zero-order valence-electron chi connectivity index (χ0n) is 8.78. The molecule has 2 aromatic carbocycles. The maximum Gasteiger partial charge on any atom is 0.0437 e. The van der Waals surface area contributed by atoms with Crippen molar-refractivity contribution >= 4 is 46.3 Å². The van der Waals surface area contributed by atoms with Crippen LogP contribution in [-0.2, 0) is 0 Å². The van der Waals surface area contributed by atoms with E-state index in [0.29, 0.717) is 21.4 Å². The molecule has 2 nitrogen and oxygen atoms in total. The number of nitrogens with two attached hydrogens (primary N) is 2. The van der Waals surface area contributed by atoms with E-state index >= 15 is 0 Å². The molecule has 0 unspecified atom stereocenters. The number of nitrogen functional groups attached to an aromatic ring is 2. The predicted octanol–water partition coefficient (Wildman–Crippen LogP) is 4.31. The van der Waals surface area contributed by atoms with Crippen LogP contribution < -0.4 is 11.5 Å². The molecule has 0 amide bonds. The monoisotopic (exact) mass is 284 g/mol. The van der Waals surface area contributed by atoms with Gasteiger partial charge in [-0.3, -0.25) is 0 Å². The predicted molar refractivity (Wildman–Crippen MR) is 75.9 cm³/mol. The van der Waals surface area contributed by atoms with Crippen molar-refractivity contribution in [2.45, 2.75) is 9.79 Å². The van der Waals surface area contributed by atoms with Gasteiger partial charge in [-0.1, -0.05) is 35.0 Å². The van der Waals surface area contributed by atoms with E-state index in [1.807, 2.05) is 24.3 Å². The van der Waals surface area contributed by atoms with Gasteiger partial charge in [-0.25, -0.2) is 0 Å². The molecule has 0 fully saturated rings. The molecule has 0 aliphatic rings. The van der Waals surface area contributed by atoms with Gasteiger partial charge in [0, 0.05) is 31.2 Å². The maximum absolute atomic E-state index is 5.93. The van der Waals surface area contributed by atoms with E-state index < -0.39 is 0 Å². The first kappa shape index (κ1) is 12.4. The molecule has 5 heteroatoms. The number of hydrogen-bond acceptors (Lipinski definition) is 3. The van der Waals surface area contributed by atoms with E-state index in [0.717, 1.165) is 9.79 Å². The fourth-order valence-electron chi connectivity index (χ4n) is 1.42. The summed E-state index contributed by atoms with van der Waals surface area (Å²) < 4.78 is 0. The normalized spacial score (nSPS) is 10.5. The average molecular weight is 285 g/mol. The summed E-state index contributed by atoms with van der Waals surface area (Å²) in [5, 5.41) is 1.23. The largest absolute Gasteiger partial charge is 0.399 e. The third-order valence-electron chi connectivity index (χ3n) is 2.02. The summed E-state index contributed by atoms with van der Waals surface area (Å²) in [4.78, 5) is 1.91. The Labute approximate surface area is 114 Å². The molecular weight excluding hydrogens is 275 g/mol. The molecule has 88 valence electrons. The summed E-state index contributed by atoms with van der Waals surface area (Å²) in [6.07, 6.45) is 0. The Hall–Kier alpha value is -1.03. The zero-order chi connectivity index (χ0) is 12.4. The van der Waals surface area contributed by atoms with Crippen molar-refractivity contribution in [2.24, 2.45) is 0 Å². The number of rotatable bonds is 2. The molecule has 2 rings (SSSR count). The maximum atomic E-state index is 5.93. The lowest BCUT2D eigenvalue weighted by molar-refractivity contribution is 1.41. The van der Waals surface area contributed by atoms with E-state index in [2.05, 4.69) is 0 Å². The van der Waals surface area contributed by atoms with Crippen LogP contribution in [-0.4, -0.2) is 0 Å². The van der Waals surface area contributed by atoms with Crippen LogP contribution in [0.1, 0.15) is 0 Å². The van der Waals surface area contributed by atoms with Gasteiger partial charge >= 0.3 is 0 Å². The summed E-state index contributed by atoms with van der Waals surface area (Å²) in [5.41, 5.74) is 12.7. The lowest BCUT2D eigenvalue weighted by Gasteiger charge is -2.05. The second-order valence-corrected chi connectivity index (χ2v) is 5.56. The Bertz CT molecular complexity index is 468. The van der Waals surface area contributed by atoms with Gasteiger partial charge in [-0.15, -0.1) is 0 Å². The number of halogens is 2. The van der Waals surface area contributed by atoms with Crippen LogP contribution >= 0.6 is 35.0 Å². The lowest BCUT2D eigenvalue weighted by atomic mass is 10.3. The van der Waals surface area contributed by atoms with Crippen LogP contribution in [0.2, 0.25) is 10.0 Å². The van der Waals surface area contributed by atoms with E-state index in [9.17, 15) is 0 Å². The highest BCUT2D eigenvalue weighted by Crippen LogP contribution is 2.33. The highest BCUT2D eigenvalue weighted by molar-refractivity contribution is 7.99. The fourth-order valence-corrected chi connectivity index (χ4v) is 3.07. The van der Waals surface area contributed by atoms with Crippen LogP contribution in [0.3, 0.4) is 0 Å². The van der Waals surface area contributed by atoms with E-state index in [1.165, 1.54) is 11.8 Å². The Morgan fingerprint density at radius 1 is 0.706 bits per heavy atom. The second-order valence-electron chi connectivity index (χ2n) is 3.54. The molecule has 0 radical (unpaired) electrons. The first-order chi connectivity index (χ1) is 8.02. The van der Waals surface area contributed by atoms with E-state index in [4.69, 9.17) is 34.7 Å². The van der Waals surface area contributed by atoms with Crippen molar-refractivity contribution in [3.8, 4) is 0 Å². The van der Waals surface area contributed by atoms with Gasteiger partial charge in [0.25, 0.3) is 0 Å². The van der Waals surface area contributed by atoms with Gasteiger partial charge in [0.1, 0.15) is 0 Å².